The van der Waals surface area contributed by atoms with Gasteiger partial charge < -0.3 is 15.3 Å². The standard InChI is InChI=1S/C24H46N2O2Si2/c1-17-12-18(20-10-11-26-16-22(20)25)13-19(14-23(2,3)29(6,7)27)21(17)15-24(4,5)30(8,9)28/h10-11,16-19,21,27-28H,12-15,25H2,1-9H3/t17-,18-,19+,21+/m0/s1. The number of hydrogen-bond acceptors (Lipinski definition) is 4. The molecule has 1 saturated carbocycles. The fourth-order valence-electron chi connectivity index (χ4n) is 5.11. The van der Waals surface area contributed by atoms with E-state index in [1.54, 1.807) is 6.20 Å². The normalized spacial score (nSPS) is 26.6. The van der Waals surface area contributed by atoms with Gasteiger partial charge in [-0.2, -0.15) is 0 Å². The van der Waals surface area contributed by atoms with Crippen molar-refractivity contribution in [3.63, 3.8) is 0 Å². The molecule has 0 saturated heterocycles. The van der Waals surface area contributed by atoms with Crippen molar-refractivity contribution < 1.29 is 9.59 Å². The Hall–Kier alpha value is -0.696. The van der Waals surface area contributed by atoms with E-state index in [-0.39, 0.29) is 10.1 Å². The molecule has 4 atom stereocenters. The van der Waals surface area contributed by atoms with Gasteiger partial charge in [-0.1, -0.05) is 34.6 Å². The van der Waals surface area contributed by atoms with Gasteiger partial charge in [-0.3, -0.25) is 4.98 Å². The summed E-state index contributed by atoms with van der Waals surface area (Å²) in [5, 5.41) is -0.0966. The summed E-state index contributed by atoms with van der Waals surface area (Å²) < 4.78 is 0. The minimum Gasteiger partial charge on any atom is -0.432 e. The summed E-state index contributed by atoms with van der Waals surface area (Å²) in [5.41, 5.74) is 8.34. The lowest BCUT2D eigenvalue weighted by Crippen LogP contribution is -2.45. The molecule has 0 unspecified atom stereocenters. The zero-order chi connectivity index (χ0) is 23.1. The first-order chi connectivity index (χ1) is 13.5. The molecule has 4 nitrogen and oxygen atoms in total. The van der Waals surface area contributed by atoms with E-state index in [0.717, 1.165) is 31.4 Å². The van der Waals surface area contributed by atoms with Gasteiger partial charge in [0.1, 0.15) is 0 Å². The monoisotopic (exact) mass is 450 g/mol. The first-order valence-electron chi connectivity index (χ1n) is 11.6. The molecule has 1 aliphatic carbocycles. The van der Waals surface area contributed by atoms with Crippen molar-refractivity contribution in [2.75, 3.05) is 5.73 Å². The Morgan fingerprint density at radius 1 is 1.00 bits per heavy atom. The molecular formula is C24H46N2O2Si2. The smallest absolute Gasteiger partial charge is 0.188 e. The van der Waals surface area contributed by atoms with Crippen LogP contribution in [0.15, 0.2) is 18.5 Å². The zero-order valence-corrected chi connectivity index (χ0v) is 22.8. The van der Waals surface area contributed by atoms with E-state index in [0.29, 0.717) is 23.7 Å². The van der Waals surface area contributed by atoms with E-state index < -0.39 is 16.6 Å². The van der Waals surface area contributed by atoms with Gasteiger partial charge in [0, 0.05) is 6.20 Å². The first-order valence-corrected chi connectivity index (χ1v) is 17.5. The molecule has 172 valence electrons. The third kappa shape index (κ3) is 5.56. The summed E-state index contributed by atoms with van der Waals surface area (Å²) >= 11 is 0. The van der Waals surface area contributed by atoms with Crippen LogP contribution in [0.2, 0.25) is 36.3 Å². The summed E-state index contributed by atoms with van der Waals surface area (Å²) in [6.07, 6.45) is 7.94. The molecule has 4 N–H and O–H groups in total. The Balaban J connectivity index is 2.39. The highest BCUT2D eigenvalue weighted by atomic mass is 28.4. The number of anilines is 1. The highest BCUT2D eigenvalue weighted by Crippen LogP contribution is 2.56. The van der Waals surface area contributed by atoms with Gasteiger partial charge in [0.05, 0.1) is 11.9 Å². The van der Waals surface area contributed by atoms with E-state index in [1.165, 1.54) is 5.56 Å². The van der Waals surface area contributed by atoms with Gasteiger partial charge in [0.25, 0.3) is 0 Å². The number of nitrogens with two attached hydrogens (primary N) is 1. The van der Waals surface area contributed by atoms with Gasteiger partial charge in [0.15, 0.2) is 16.6 Å². The predicted octanol–water partition coefficient (Wildman–Crippen LogP) is 6.15. The van der Waals surface area contributed by atoms with E-state index in [2.05, 4.69) is 71.9 Å². The van der Waals surface area contributed by atoms with Crippen LogP contribution < -0.4 is 5.73 Å². The SMILES string of the molecule is C[C@H]1C[C@H](c2ccncc2N)C[C@H](CC(C)(C)[Si](C)(C)O)[C@@H]1CC(C)(C)[Si](C)(C)O. The molecule has 2 rings (SSSR count). The van der Waals surface area contributed by atoms with Crippen molar-refractivity contribution in [3.8, 4) is 0 Å². The van der Waals surface area contributed by atoms with E-state index in [1.807, 2.05) is 6.20 Å². The van der Waals surface area contributed by atoms with Crippen molar-refractivity contribution in [3.05, 3.63) is 24.0 Å². The predicted molar refractivity (Wildman–Crippen MR) is 133 cm³/mol. The summed E-state index contributed by atoms with van der Waals surface area (Å²) in [6, 6.07) is 2.09. The maximum atomic E-state index is 11.0. The zero-order valence-electron chi connectivity index (χ0n) is 20.8. The molecular weight excluding hydrogens is 404 g/mol. The second kappa shape index (κ2) is 8.68. The van der Waals surface area contributed by atoms with Gasteiger partial charge in [-0.25, -0.2) is 0 Å². The molecule has 0 radical (unpaired) electrons. The Bertz CT molecular complexity index is 723. The van der Waals surface area contributed by atoms with Crippen molar-refractivity contribution in [2.24, 2.45) is 17.8 Å². The summed E-state index contributed by atoms with van der Waals surface area (Å²) in [4.78, 5) is 26.1. The first kappa shape index (κ1) is 25.6. The summed E-state index contributed by atoms with van der Waals surface area (Å²) in [5.74, 6) is 2.05. The van der Waals surface area contributed by atoms with E-state index >= 15 is 0 Å². The molecule has 1 fully saturated rings. The number of nitrogen functional groups attached to an aromatic ring is 1. The molecule has 0 bridgehead atoms. The molecule has 1 aliphatic rings. The molecule has 0 aromatic carbocycles. The lowest BCUT2D eigenvalue weighted by molar-refractivity contribution is 0.105. The second-order valence-corrected chi connectivity index (χ2v) is 21.3. The fraction of sp³-hybridized carbons (Fsp3) is 0.792. The van der Waals surface area contributed by atoms with Crippen molar-refractivity contribution in [1.29, 1.82) is 0 Å². The van der Waals surface area contributed by atoms with Crippen molar-refractivity contribution >= 4 is 22.3 Å². The van der Waals surface area contributed by atoms with Gasteiger partial charge in [-0.05, 0) is 97.2 Å². The Kier molecular flexibility index (Phi) is 7.40. The van der Waals surface area contributed by atoms with Crippen LogP contribution in [0.4, 0.5) is 5.69 Å². The van der Waals surface area contributed by atoms with Crippen LogP contribution in [0, 0.1) is 17.8 Å². The molecule has 30 heavy (non-hydrogen) atoms. The van der Waals surface area contributed by atoms with Crippen molar-refractivity contribution in [1.82, 2.24) is 4.98 Å². The maximum absolute atomic E-state index is 11.0. The minimum atomic E-state index is -2.30. The molecule has 6 heteroatoms. The average Bonchev–Trinajstić information content (AvgIpc) is 2.55. The maximum Gasteiger partial charge on any atom is 0.188 e. The number of pyridine rings is 1. The van der Waals surface area contributed by atoms with E-state index in [9.17, 15) is 9.59 Å². The number of aromatic nitrogens is 1. The second-order valence-electron chi connectivity index (χ2n) is 12.4. The Labute approximate surface area is 187 Å². The summed E-state index contributed by atoms with van der Waals surface area (Å²) in [6.45, 7) is 19.7. The largest absolute Gasteiger partial charge is 0.432 e. The highest BCUT2D eigenvalue weighted by molar-refractivity contribution is 6.73. The molecule has 0 spiro atoms. The topological polar surface area (TPSA) is 79.4 Å². The quantitative estimate of drug-likeness (QED) is 0.436. The van der Waals surface area contributed by atoms with E-state index in [4.69, 9.17) is 5.73 Å². The van der Waals surface area contributed by atoms with Crippen LogP contribution in [0.3, 0.4) is 0 Å². The Morgan fingerprint density at radius 2 is 1.53 bits per heavy atom. The minimum absolute atomic E-state index is 0.0387. The van der Waals surface area contributed by atoms with Gasteiger partial charge in [0.2, 0.25) is 0 Å². The highest BCUT2D eigenvalue weighted by Gasteiger charge is 2.48. The molecule has 1 aromatic heterocycles. The third-order valence-electron chi connectivity index (χ3n) is 8.74. The third-order valence-corrected chi connectivity index (χ3v) is 15.8. The van der Waals surface area contributed by atoms with Gasteiger partial charge >= 0.3 is 0 Å². The molecule has 0 aliphatic heterocycles. The Morgan fingerprint density at radius 3 is 2.03 bits per heavy atom. The fourth-order valence-corrected chi connectivity index (χ4v) is 6.61. The van der Waals surface area contributed by atoms with Crippen LogP contribution in [0.25, 0.3) is 0 Å². The average molecular weight is 451 g/mol. The summed E-state index contributed by atoms with van der Waals surface area (Å²) in [7, 11) is -4.59. The van der Waals surface area contributed by atoms with Gasteiger partial charge in [-0.15, -0.1) is 0 Å². The van der Waals surface area contributed by atoms with Crippen LogP contribution in [-0.4, -0.2) is 31.2 Å². The van der Waals surface area contributed by atoms with Crippen molar-refractivity contribution in [2.45, 2.75) is 102 Å². The lowest BCUT2D eigenvalue weighted by Gasteiger charge is -2.49. The molecule has 0 amide bonds. The number of rotatable bonds is 7. The molecule has 1 heterocycles. The number of hydrogen-bond donors (Lipinski definition) is 3. The number of nitrogens with zero attached hydrogens (tertiary/aromatic N) is 1. The van der Waals surface area contributed by atoms with Crippen LogP contribution in [0.1, 0.15) is 71.8 Å². The van der Waals surface area contributed by atoms with Crippen LogP contribution >= 0.6 is 0 Å². The molecule has 1 aromatic rings. The van der Waals surface area contributed by atoms with Crippen LogP contribution in [0.5, 0.6) is 0 Å². The van der Waals surface area contributed by atoms with Crippen LogP contribution in [-0.2, 0) is 0 Å². The lowest BCUT2D eigenvalue weighted by atomic mass is 9.62.